The van der Waals surface area contributed by atoms with Crippen LogP contribution < -0.4 is 0 Å². The maximum Gasteiger partial charge on any atom is 0.220 e. The molecule has 1 aromatic rings. The molecule has 86 valence electrons. The van der Waals surface area contributed by atoms with Crippen molar-refractivity contribution >= 4 is 27.2 Å². The fourth-order valence-electron chi connectivity index (χ4n) is 1.54. The number of ketones is 1. The molecule has 1 aromatic carbocycles. The highest BCUT2D eigenvalue weighted by molar-refractivity contribution is 7.73. The van der Waals surface area contributed by atoms with Gasteiger partial charge in [0, 0.05) is 11.8 Å². The Morgan fingerprint density at radius 1 is 1.18 bits per heavy atom. The van der Waals surface area contributed by atoms with Crippen LogP contribution in [0.3, 0.4) is 0 Å². The Balaban J connectivity index is 2.42. The van der Waals surface area contributed by atoms with Crippen molar-refractivity contribution in [1.29, 1.82) is 0 Å². The first-order chi connectivity index (χ1) is 8.20. The first-order valence-electron chi connectivity index (χ1n) is 4.95. The van der Waals surface area contributed by atoms with Gasteiger partial charge in [-0.2, -0.15) is 8.42 Å². The van der Waals surface area contributed by atoms with Gasteiger partial charge in [-0.3, -0.25) is 9.79 Å². The van der Waals surface area contributed by atoms with Gasteiger partial charge in [0.05, 0.1) is 0 Å². The number of benzene rings is 1. The van der Waals surface area contributed by atoms with Crippen LogP contribution in [0.1, 0.15) is 10.4 Å². The highest BCUT2D eigenvalue weighted by Gasteiger charge is 2.25. The summed E-state index contributed by atoms with van der Waals surface area (Å²) in [5, 5.41) is 0. The first-order valence-corrected chi connectivity index (χ1v) is 6.03. The van der Waals surface area contributed by atoms with Gasteiger partial charge < -0.3 is 0 Å². The zero-order chi connectivity index (χ0) is 12.3. The second-order valence-electron chi connectivity index (χ2n) is 3.43. The number of aliphatic imine (C=N–C) groups is 1. The molecular formula is C12H9NO3S. The molecule has 1 unspecified atom stereocenters. The maximum absolute atomic E-state index is 12.1. The molecule has 0 aromatic heterocycles. The molecule has 0 N–H and O–H groups in total. The predicted octanol–water partition coefficient (Wildman–Crippen LogP) is 0.930. The minimum Gasteiger partial charge on any atom is -0.291 e. The number of rotatable bonds is 2. The predicted molar refractivity (Wildman–Crippen MR) is 66.1 cm³/mol. The summed E-state index contributed by atoms with van der Waals surface area (Å²) in [5.41, 5.74) is 0.452. The third-order valence-corrected chi connectivity index (χ3v) is 3.09. The Morgan fingerprint density at radius 3 is 2.53 bits per heavy atom. The Bertz CT molecular complexity index is 619. The molecule has 1 heterocycles. The maximum atomic E-state index is 12.1. The van der Waals surface area contributed by atoms with E-state index in [9.17, 15) is 13.2 Å². The van der Waals surface area contributed by atoms with Crippen LogP contribution in [-0.4, -0.2) is 31.3 Å². The average molecular weight is 247 g/mol. The van der Waals surface area contributed by atoms with Crippen molar-refractivity contribution < 1.29 is 13.2 Å². The quantitative estimate of drug-likeness (QED) is 0.577. The van der Waals surface area contributed by atoms with Crippen molar-refractivity contribution in [1.82, 2.24) is 0 Å². The topological polar surface area (TPSA) is 63.6 Å². The molecule has 17 heavy (non-hydrogen) atoms. The zero-order valence-electron chi connectivity index (χ0n) is 8.78. The van der Waals surface area contributed by atoms with E-state index in [1.165, 1.54) is 18.4 Å². The van der Waals surface area contributed by atoms with Crippen molar-refractivity contribution in [3.8, 4) is 0 Å². The molecule has 1 aliphatic rings. The van der Waals surface area contributed by atoms with Crippen LogP contribution in [-0.2, 0) is 10.3 Å². The molecule has 0 fully saturated rings. The molecule has 5 heteroatoms. The zero-order valence-corrected chi connectivity index (χ0v) is 9.59. The summed E-state index contributed by atoms with van der Waals surface area (Å²) < 4.78 is 22.0. The molecule has 0 spiro atoms. The minimum atomic E-state index is -2.43. The van der Waals surface area contributed by atoms with E-state index in [0.717, 1.165) is 0 Å². The smallest absolute Gasteiger partial charge is 0.220 e. The SMILES string of the molecule is O=C(c1ccccc1)C1N=CC=CC1=S(=O)=O. The van der Waals surface area contributed by atoms with Gasteiger partial charge in [-0.05, 0) is 12.2 Å². The minimum absolute atomic E-state index is 0.00125. The lowest BCUT2D eigenvalue weighted by atomic mass is 10.0. The van der Waals surface area contributed by atoms with E-state index in [1.54, 1.807) is 30.3 Å². The summed E-state index contributed by atoms with van der Waals surface area (Å²) in [6.45, 7) is 0. The number of hydrogen-bond acceptors (Lipinski definition) is 4. The standard InChI is InChI=1S/C12H9NO3S/c14-12(9-5-2-1-3-6-9)11-10(17(15)16)7-4-8-13-11/h1-8,11H. The lowest BCUT2D eigenvalue weighted by Crippen LogP contribution is -2.29. The highest BCUT2D eigenvalue weighted by atomic mass is 32.2. The summed E-state index contributed by atoms with van der Waals surface area (Å²) in [6, 6.07) is 7.56. The monoisotopic (exact) mass is 247 g/mol. The number of carbonyl (C=O) groups is 1. The van der Waals surface area contributed by atoms with Crippen molar-refractivity contribution in [2.24, 2.45) is 4.99 Å². The van der Waals surface area contributed by atoms with Gasteiger partial charge in [0.15, 0.2) is 11.8 Å². The lowest BCUT2D eigenvalue weighted by molar-refractivity contribution is 0.0985. The fraction of sp³-hybridized carbons (Fsp3) is 0.0833. The third-order valence-electron chi connectivity index (χ3n) is 2.35. The van der Waals surface area contributed by atoms with E-state index < -0.39 is 16.3 Å². The van der Waals surface area contributed by atoms with Crippen LogP contribution in [0.5, 0.6) is 0 Å². The summed E-state index contributed by atoms with van der Waals surface area (Å²) in [4.78, 5) is 16.0. The second kappa shape index (κ2) is 4.88. The number of carbonyl (C=O) groups excluding carboxylic acids is 1. The number of allylic oxidation sites excluding steroid dienone is 1. The fourth-order valence-corrected chi connectivity index (χ4v) is 2.08. The van der Waals surface area contributed by atoms with Gasteiger partial charge in [0.25, 0.3) is 0 Å². The molecule has 0 radical (unpaired) electrons. The van der Waals surface area contributed by atoms with Crippen LogP contribution in [0.15, 0.2) is 47.5 Å². The van der Waals surface area contributed by atoms with Crippen LogP contribution in [0.4, 0.5) is 0 Å². The summed E-state index contributed by atoms with van der Waals surface area (Å²) in [5.74, 6) is -0.314. The van der Waals surface area contributed by atoms with Crippen molar-refractivity contribution in [2.75, 3.05) is 0 Å². The van der Waals surface area contributed by atoms with Crippen LogP contribution in [0, 0.1) is 0 Å². The highest BCUT2D eigenvalue weighted by Crippen LogP contribution is 2.10. The van der Waals surface area contributed by atoms with E-state index >= 15 is 0 Å². The Hall–Kier alpha value is -2.01. The van der Waals surface area contributed by atoms with E-state index in [1.807, 2.05) is 0 Å². The molecule has 1 atom stereocenters. The number of nitrogens with zero attached hydrogens (tertiary/aromatic N) is 1. The molecule has 4 nitrogen and oxygen atoms in total. The molecule has 1 aliphatic heterocycles. The van der Waals surface area contributed by atoms with Gasteiger partial charge in [-0.25, -0.2) is 0 Å². The molecule has 0 aliphatic carbocycles. The lowest BCUT2D eigenvalue weighted by Gasteiger charge is -2.11. The summed E-state index contributed by atoms with van der Waals surface area (Å²) in [7, 11) is -2.43. The van der Waals surface area contributed by atoms with Crippen LogP contribution >= 0.6 is 0 Å². The van der Waals surface area contributed by atoms with Crippen molar-refractivity contribution in [2.45, 2.75) is 6.04 Å². The number of hydrogen-bond donors (Lipinski definition) is 0. The van der Waals surface area contributed by atoms with E-state index in [-0.39, 0.29) is 10.6 Å². The van der Waals surface area contributed by atoms with Gasteiger partial charge in [0.1, 0.15) is 4.86 Å². The Labute approximate surface area is 99.8 Å². The average Bonchev–Trinajstić information content (AvgIpc) is 2.39. The number of dihydropyridines is 1. The van der Waals surface area contributed by atoms with Crippen LogP contribution in [0.25, 0.3) is 0 Å². The summed E-state index contributed by atoms with van der Waals surface area (Å²) >= 11 is 0. The molecule has 2 rings (SSSR count). The van der Waals surface area contributed by atoms with Gasteiger partial charge in [-0.1, -0.05) is 30.3 Å². The first kappa shape index (κ1) is 11.5. The van der Waals surface area contributed by atoms with Crippen molar-refractivity contribution in [3.05, 3.63) is 48.0 Å². The van der Waals surface area contributed by atoms with E-state index in [0.29, 0.717) is 5.56 Å². The molecule has 0 saturated heterocycles. The van der Waals surface area contributed by atoms with Gasteiger partial charge in [0.2, 0.25) is 10.3 Å². The Morgan fingerprint density at radius 2 is 1.88 bits per heavy atom. The van der Waals surface area contributed by atoms with E-state index in [4.69, 9.17) is 0 Å². The Kier molecular flexibility index (Phi) is 3.30. The van der Waals surface area contributed by atoms with Gasteiger partial charge in [-0.15, -0.1) is 0 Å². The third kappa shape index (κ3) is 2.39. The van der Waals surface area contributed by atoms with Crippen molar-refractivity contribution in [3.63, 3.8) is 0 Å². The molecule has 0 amide bonds. The normalized spacial score (nSPS) is 18.1. The van der Waals surface area contributed by atoms with Crippen LogP contribution in [0.2, 0.25) is 0 Å². The number of Topliss-reactive ketones (excluding diaryl/α,β-unsaturated/α-hetero) is 1. The molecule has 0 saturated carbocycles. The van der Waals surface area contributed by atoms with Gasteiger partial charge >= 0.3 is 0 Å². The largest absolute Gasteiger partial charge is 0.291 e. The van der Waals surface area contributed by atoms with E-state index in [2.05, 4.69) is 4.99 Å². The second-order valence-corrected chi connectivity index (χ2v) is 4.37. The molecular weight excluding hydrogens is 238 g/mol. The summed E-state index contributed by atoms with van der Waals surface area (Å²) in [6.07, 6.45) is 4.32. The molecule has 0 bridgehead atoms.